The molecule has 6 fully saturated rings. The van der Waals surface area contributed by atoms with Crippen LogP contribution in [0.25, 0.3) is 73.7 Å². The molecule has 128 heavy (non-hydrogen) atoms. The van der Waals surface area contributed by atoms with Gasteiger partial charge in [-0.2, -0.15) is 0 Å². The van der Waals surface area contributed by atoms with Gasteiger partial charge < -0.3 is 72.4 Å². The molecule has 0 unspecified atom stereocenters. The van der Waals surface area contributed by atoms with Crippen molar-refractivity contribution < 1.29 is 51.2 Å². The summed E-state index contributed by atoms with van der Waals surface area (Å²) in [5.41, 5.74) is 8.01. The Labute approximate surface area is 764 Å². The predicted molar refractivity (Wildman–Crippen MR) is 513 cm³/mol. The van der Waals surface area contributed by atoms with Crippen LogP contribution in [-0.2, 0) is 11.3 Å². The first-order chi connectivity index (χ1) is 62.3. The highest BCUT2D eigenvalue weighted by atomic mass is 35.5. The topological polar surface area (TPSA) is 330 Å². The van der Waals surface area contributed by atoms with Gasteiger partial charge in [0.05, 0.1) is 34.8 Å². The van der Waals surface area contributed by atoms with Gasteiger partial charge in [-0.25, -0.2) is 0 Å². The summed E-state index contributed by atoms with van der Waals surface area (Å²) in [7, 11) is 0. The minimum absolute atomic E-state index is 0.0198. The van der Waals surface area contributed by atoms with Gasteiger partial charge in [0.25, 0.3) is 23.4 Å². The average molecular weight is 1870 g/mol. The van der Waals surface area contributed by atoms with Crippen LogP contribution in [-0.4, -0.2) is 137 Å². The van der Waals surface area contributed by atoms with Crippen LogP contribution in [0.15, 0.2) is 200 Å². The van der Waals surface area contributed by atoms with Gasteiger partial charge in [0, 0.05) is 194 Å². The van der Waals surface area contributed by atoms with Crippen molar-refractivity contribution in [2.45, 2.75) is 103 Å². The Balaban J connectivity index is 0.000000118. The molecule has 27 nitrogen and oxygen atoms in total. The Kier molecular flexibility index (Phi) is 29.6. The molecule has 0 atom stereocenters. The van der Waals surface area contributed by atoms with E-state index < -0.39 is 4.92 Å². The number of aromatic hydroxyl groups is 1. The van der Waals surface area contributed by atoms with E-state index in [4.69, 9.17) is 50.0 Å². The lowest BCUT2D eigenvalue weighted by Crippen LogP contribution is -2.41. The number of ether oxygens (including phenoxy) is 1. The number of thiophene rings is 5. The van der Waals surface area contributed by atoms with Crippen LogP contribution in [0.3, 0.4) is 0 Å². The molecule has 0 bridgehead atoms. The molecule has 0 radical (unpaired) electrons. The van der Waals surface area contributed by atoms with Crippen LogP contribution < -0.4 is 67.6 Å². The summed E-state index contributed by atoms with van der Waals surface area (Å²) in [5, 5.41) is 39.1. The quantitative estimate of drug-likeness (QED) is 0.0374. The maximum atomic E-state index is 12.7. The van der Waals surface area contributed by atoms with E-state index in [1.807, 2.05) is 47.2 Å². The number of carbonyl (C=O) groups excluding carboxylic acids is 3. The zero-order chi connectivity index (χ0) is 88.7. The number of halogens is 2. The molecule has 666 valence electrons. The molecule has 3 amide bonds. The standard InChI is InChI=1S/C20H19ClN2O3S.C19H25N3O4S.C19H18N2O4S.C18H16ClNO2S.C18H16N2O4S/c21-14-6-4-13(5-7-14)11-22-20(25)15-12-27-19-16(24)10-17(26-18(15)19)23-8-2-1-3-9-23;23-15-12-16(22-5-2-1-3-6-22)26-17-14(13-27-18(15)17)19(24)20-4-7-21-8-10-25-11-9-21;22-13-6-4-12(5-7-13)20-19(24)14-11-26-18-15(23)10-16(25-17(14)18)21-8-2-1-3-9-21;19-13-6-4-5-12(9-13)14-11-23-18-15(21)10-16(22-17(14)18)20-7-2-1-3-8-20;21-15-10-16(19-7-2-1-3-8-19)24-17-14(11-25-18(15)17)12-5-4-6-13(9-12)20(22)23/h4-7,10,12H,1-3,8-9,11H2,(H,22,25);12-13H,1-11H2,(H,20,24);4-7,10-11,22H,1-3,8-9H2,(H,20,24);4-6,9-11H,1-3,7-8H2;4-6,9-11H,1-3,7-8H2. The Morgan fingerprint density at radius 3 is 1.16 bits per heavy atom. The minimum Gasteiger partial charge on any atom is -0.508 e. The Bertz CT molecular complexity index is 6620. The maximum absolute atomic E-state index is 12.7. The first kappa shape index (κ1) is 89.9. The second kappa shape index (κ2) is 42.2. The lowest BCUT2D eigenvalue weighted by Gasteiger charge is -2.27. The van der Waals surface area contributed by atoms with Crippen molar-refractivity contribution in [3.63, 3.8) is 0 Å². The summed E-state index contributed by atoms with van der Waals surface area (Å²) in [6, 6.07) is 35.4. The lowest BCUT2D eigenvalue weighted by molar-refractivity contribution is -0.384. The molecule has 6 aliphatic rings. The molecule has 20 rings (SSSR count). The zero-order valence-corrected chi connectivity index (χ0v) is 75.6. The fourth-order valence-electron chi connectivity index (χ4n) is 16.2. The Morgan fingerprint density at radius 2 is 0.758 bits per heavy atom. The normalized spacial score (nSPS) is 15.6. The third-order valence-electron chi connectivity index (χ3n) is 23.0. The fraction of sp³-hybridized carbons (Fsp3) is 0.340. The van der Waals surface area contributed by atoms with Gasteiger partial charge in [-0.1, -0.05) is 59.6 Å². The van der Waals surface area contributed by atoms with Crippen LogP contribution in [0, 0.1) is 10.1 Å². The van der Waals surface area contributed by atoms with Gasteiger partial charge in [-0.3, -0.25) is 53.4 Å². The molecule has 16 heterocycles. The molecule has 14 aromatic rings. The van der Waals surface area contributed by atoms with Gasteiger partial charge in [-0.05, 0) is 162 Å². The maximum Gasteiger partial charge on any atom is 0.270 e. The van der Waals surface area contributed by atoms with Crippen molar-refractivity contribution in [3.05, 3.63) is 248 Å². The highest BCUT2D eigenvalue weighted by molar-refractivity contribution is 7.19. The van der Waals surface area contributed by atoms with Crippen LogP contribution in [0.5, 0.6) is 5.75 Å². The lowest BCUT2D eigenvalue weighted by atomic mass is 10.1. The Morgan fingerprint density at radius 1 is 0.398 bits per heavy atom. The van der Waals surface area contributed by atoms with Crippen LogP contribution in [0.1, 0.15) is 133 Å². The molecule has 0 spiro atoms. The van der Waals surface area contributed by atoms with Crippen molar-refractivity contribution in [2.75, 3.05) is 135 Å². The molecule has 0 saturated carbocycles. The highest BCUT2D eigenvalue weighted by Crippen LogP contribution is 2.40. The summed E-state index contributed by atoms with van der Waals surface area (Å²) in [4.78, 5) is 124. The molecular formula is C94H94Cl2N10O17S5. The van der Waals surface area contributed by atoms with Crippen molar-refractivity contribution in [1.29, 1.82) is 0 Å². The number of piperidine rings is 5. The van der Waals surface area contributed by atoms with E-state index in [0.29, 0.717) is 132 Å². The summed E-state index contributed by atoms with van der Waals surface area (Å²) in [6.45, 7) is 13.9. The smallest absolute Gasteiger partial charge is 0.270 e. The number of fused-ring (bicyclic) bond motifs is 5. The second-order valence-electron chi connectivity index (χ2n) is 31.9. The number of non-ortho nitro benzene ring substituents is 1. The van der Waals surface area contributed by atoms with Gasteiger partial charge in [0.1, 0.15) is 29.2 Å². The van der Waals surface area contributed by atoms with E-state index in [2.05, 4.69) is 45.3 Å². The van der Waals surface area contributed by atoms with Gasteiger partial charge in [0.2, 0.25) is 27.1 Å². The Hall–Kier alpha value is -11.5. The molecule has 6 aliphatic heterocycles. The van der Waals surface area contributed by atoms with Crippen molar-refractivity contribution in [3.8, 4) is 28.0 Å². The summed E-state index contributed by atoms with van der Waals surface area (Å²) >= 11 is 18.5. The monoisotopic (exact) mass is 1860 g/mol. The van der Waals surface area contributed by atoms with Crippen LogP contribution >= 0.6 is 79.9 Å². The van der Waals surface area contributed by atoms with E-state index in [9.17, 15) is 53.6 Å². The number of anilines is 6. The summed E-state index contributed by atoms with van der Waals surface area (Å²) in [5.74, 6) is 2.27. The molecule has 6 saturated heterocycles. The van der Waals surface area contributed by atoms with E-state index in [1.54, 1.807) is 76.8 Å². The van der Waals surface area contributed by atoms with Crippen molar-refractivity contribution >= 4 is 190 Å². The molecule has 34 heteroatoms. The van der Waals surface area contributed by atoms with E-state index >= 15 is 0 Å². The van der Waals surface area contributed by atoms with E-state index in [1.165, 1.54) is 119 Å². The number of nitro groups is 1. The molecule has 0 aliphatic carbocycles. The number of nitrogens with zero attached hydrogens (tertiary/aromatic N) is 7. The first-order valence-electron chi connectivity index (χ1n) is 43.0. The third-order valence-corrected chi connectivity index (χ3v) is 28.4. The van der Waals surface area contributed by atoms with E-state index in [0.717, 1.165) is 185 Å². The molecule has 4 aromatic carbocycles. The molecule has 4 N–H and O–H groups in total. The number of nitro benzene ring substituents is 1. The van der Waals surface area contributed by atoms with Crippen LogP contribution in [0.2, 0.25) is 10.0 Å². The zero-order valence-electron chi connectivity index (χ0n) is 70.0. The third kappa shape index (κ3) is 21.8. The summed E-state index contributed by atoms with van der Waals surface area (Å²) in [6.07, 6.45) is 17.0. The number of nitrogens with one attached hydrogen (secondary N) is 3. The van der Waals surface area contributed by atoms with E-state index in [-0.39, 0.29) is 56.3 Å². The van der Waals surface area contributed by atoms with Gasteiger partial charge >= 0.3 is 0 Å². The van der Waals surface area contributed by atoms with Crippen molar-refractivity contribution in [2.24, 2.45) is 0 Å². The number of amides is 3. The SMILES string of the molecule is O=C(NCCN1CCOCC1)c1csc2c(=O)cc(N3CCCCC3)oc12.O=C(NCc1ccc(Cl)cc1)c1csc2c(=O)cc(N3CCCCC3)oc12.O=C(Nc1ccc(O)cc1)c1csc2c(=O)cc(N3CCCCC3)oc12.O=c1cc(N2CCCCC2)oc2c(-c3cccc(Cl)c3)csc12.O=c1cc(N2CCCCC2)oc2c(-c3cccc([N+](=O)[O-])c3)csc12. The predicted octanol–water partition coefficient (Wildman–Crippen LogP) is 19.7. The largest absolute Gasteiger partial charge is 0.508 e. The first-order valence-corrected chi connectivity index (χ1v) is 48.2. The van der Waals surface area contributed by atoms with Crippen molar-refractivity contribution in [1.82, 2.24) is 15.5 Å². The number of morpholine rings is 1. The van der Waals surface area contributed by atoms with Gasteiger partial charge in [0.15, 0.2) is 57.3 Å². The van der Waals surface area contributed by atoms with Gasteiger partial charge in [-0.15, -0.1) is 56.7 Å². The second-order valence-corrected chi connectivity index (χ2v) is 37.1. The number of hydrogen-bond acceptors (Lipinski definition) is 28. The molecular weight excluding hydrogens is 1770 g/mol. The number of carbonyl (C=O) groups is 3. The number of rotatable bonds is 17. The highest BCUT2D eigenvalue weighted by Gasteiger charge is 2.28. The molecule has 10 aromatic heterocycles. The minimum atomic E-state index is -0.423. The summed E-state index contributed by atoms with van der Waals surface area (Å²) < 4.78 is 38.2. The number of hydrogen-bond donors (Lipinski definition) is 4. The van der Waals surface area contributed by atoms with Crippen LogP contribution in [0.4, 0.5) is 40.8 Å². The number of phenolic OH excluding ortho intramolecular Hbond substituents is 1. The average Bonchev–Trinajstić information content (AvgIpc) is 1.60. The number of benzene rings is 4. The number of phenols is 1. The fourth-order valence-corrected chi connectivity index (χ4v) is 21.0.